The lowest BCUT2D eigenvalue weighted by molar-refractivity contribution is -0.157. The van der Waals surface area contributed by atoms with Crippen molar-refractivity contribution in [3.63, 3.8) is 0 Å². The summed E-state index contributed by atoms with van der Waals surface area (Å²) in [4.78, 5) is 12.1. The van der Waals surface area contributed by atoms with Crippen molar-refractivity contribution >= 4 is 5.97 Å². The van der Waals surface area contributed by atoms with Crippen molar-refractivity contribution in [1.82, 2.24) is 0 Å². The number of esters is 1. The molecule has 0 amide bonds. The van der Waals surface area contributed by atoms with Crippen molar-refractivity contribution in [2.45, 2.75) is 77.4 Å². The van der Waals surface area contributed by atoms with E-state index in [0.29, 0.717) is 0 Å². The second-order valence-corrected chi connectivity index (χ2v) is 5.51. The molecular weight excluding hydrogens is 214 g/mol. The summed E-state index contributed by atoms with van der Waals surface area (Å²) in [5, 5.41) is 0. The fraction of sp³-hybridized carbons (Fsp3) is 0.929. The van der Waals surface area contributed by atoms with Gasteiger partial charge in [0.15, 0.2) is 0 Å². The van der Waals surface area contributed by atoms with Crippen molar-refractivity contribution in [2.24, 2.45) is 11.7 Å². The Bertz CT molecular complexity index is 245. The van der Waals surface area contributed by atoms with E-state index >= 15 is 0 Å². The van der Waals surface area contributed by atoms with Crippen LogP contribution in [-0.2, 0) is 9.53 Å². The molecule has 0 aliphatic heterocycles. The summed E-state index contributed by atoms with van der Waals surface area (Å²) in [6.45, 7) is 6.24. The smallest absolute Gasteiger partial charge is 0.326 e. The van der Waals surface area contributed by atoms with Crippen LogP contribution < -0.4 is 5.73 Å². The molecule has 0 radical (unpaired) electrons. The first-order valence-corrected chi connectivity index (χ1v) is 7.01. The van der Waals surface area contributed by atoms with Crippen LogP contribution in [0.15, 0.2) is 0 Å². The van der Waals surface area contributed by atoms with Gasteiger partial charge in [-0.1, -0.05) is 26.7 Å². The van der Waals surface area contributed by atoms with Crippen molar-refractivity contribution in [2.75, 3.05) is 0 Å². The zero-order valence-corrected chi connectivity index (χ0v) is 11.5. The highest BCUT2D eigenvalue weighted by Gasteiger charge is 2.39. The van der Waals surface area contributed by atoms with Gasteiger partial charge >= 0.3 is 5.97 Å². The Morgan fingerprint density at radius 3 is 2.47 bits per heavy atom. The third-order valence-corrected chi connectivity index (χ3v) is 3.98. The number of carbonyl (C=O) groups excluding carboxylic acids is 1. The van der Waals surface area contributed by atoms with Gasteiger partial charge in [-0.25, -0.2) is 0 Å². The van der Waals surface area contributed by atoms with Crippen molar-refractivity contribution in [3.8, 4) is 0 Å². The van der Waals surface area contributed by atoms with Crippen molar-refractivity contribution in [3.05, 3.63) is 0 Å². The Morgan fingerprint density at radius 2 is 2.00 bits per heavy atom. The van der Waals surface area contributed by atoms with Crippen molar-refractivity contribution in [1.29, 1.82) is 0 Å². The van der Waals surface area contributed by atoms with Crippen LogP contribution in [0.4, 0.5) is 0 Å². The lowest BCUT2D eigenvalue weighted by Crippen LogP contribution is -2.52. The fourth-order valence-electron chi connectivity index (χ4n) is 2.57. The molecule has 1 aliphatic carbocycles. The molecule has 1 saturated carbocycles. The Balaban J connectivity index is 2.45. The van der Waals surface area contributed by atoms with Gasteiger partial charge < -0.3 is 10.5 Å². The monoisotopic (exact) mass is 241 g/mol. The van der Waals surface area contributed by atoms with E-state index in [1.54, 1.807) is 0 Å². The first kappa shape index (κ1) is 14.5. The van der Waals surface area contributed by atoms with Gasteiger partial charge in [0, 0.05) is 0 Å². The molecule has 0 aromatic carbocycles. The molecule has 1 unspecified atom stereocenters. The summed E-state index contributed by atoms with van der Waals surface area (Å²) >= 11 is 0. The second kappa shape index (κ2) is 6.39. The third-order valence-electron chi connectivity index (χ3n) is 3.98. The van der Waals surface area contributed by atoms with Gasteiger partial charge in [-0.05, 0) is 44.9 Å². The summed E-state index contributed by atoms with van der Waals surface area (Å²) in [6.07, 6.45) is 6.82. The number of nitrogens with two attached hydrogens (primary N) is 1. The van der Waals surface area contributed by atoms with E-state index < -0.39 is 5.54 Å². The lowest BCUT2D eigenvalue weighted by Gasteiger charge is -2.35. The molecule has 0 spiro atoms. The normalized spacial score (nSPS) is 30.9. The summed E-state index contributed by atoms with van der Waals surface area (Å²) in [6, 6.07) is 0. The van der Waals surface area contributed by atoms with Gasteiger partial charge in [-0.3, -0.25) is 4.79 Å². The highest BCUT2D eigenvalue weighted by atomic mass is 16.5. The number of hydrogen-bond donors (Lipinski definition) is 1. The highest BCUT2D eigenvalue weighted by molar-refractivity contribution is 5.80. The third kappa shape index (κ3) is 3.98. The Morgan fingerprint density at radius 1 is 1.41 bits per heavy atom. The molecule has 0 aromatic rings. The predicted molar refractivity (Wildman–Crippen MR) is 69.6 cm³/mol. The SMILES string of the molecule is CCCC(C)OC(=O)C1(N)CCC(CC)CC1. The molecule has 1 atom stereocenters. The lowest BCUT2D eigenvalue weighted by atomic mass is 9.76. The minimum Gasteiger partial charge on any atom is -0.461 e. The molecule has 100 valence electrons. The summed E-state index contributed by atoms with van der Waals surface area (Å²) in [5.41, 5.74) is 5.47. The van der Waals surface area contributed by atoms with E-state index in [9.17, 15) is 4.79 Å². The topological polar surface area (TPSA) is 52.3 Å². The summed E-state index contributed by atoms with van der Waals surface area (Å²) in [7, 11) is 0. The van der Waals surface area contributed by atoms with Crippen LogP contribution in [0.25, 0.3) is 0 Å². The predicted octanol–water partition coefficient (Wildman–Crippen LogP) is 3.02. The van der Waals surface area contributed by atoms with Gasteiger partial charge in [-0.15, -0.1) is 0 Å². The molecule has 3 heteroatoms. The fourth-order valence-corrected chi connectivity index (χ4v) is 2.57. The maximum atomic E-state index is 12.1. The Kier molecular flexibility index (Phi) is 5.44. The molecule has 1 rings (SSSR count). The Labute approximate surface area is 105 Å². The molecule has 17 heavy (non-hydrogen) atoms. The summed E-state index contributed by atoms with van der Waals surface area (Å²) < 4.78 is 5.44. The van der Waals surface area contributed by atoms with Crippen LogP contribution >= 0.6 is 0 Å². The van der Waals surface area contributed by atoms with Crippen LogP contribution in [0.1, 0.15) is 65.7 Å². The maximum absolute atomic E-state index is 12.1. The van der Waals surface area contributed by atoms with Gasteiger partial charge in [0.05, 0.1) is 6.10 Å². The first-order valence-electron chi connectivity index (χ1n) is 7.01. The van der Waals surface area contributed by atoms with Gasteiger partial charge in [0.2, 0.25) is 0 Å². The molecule has 3 nitrogen and oxygen atoms in total. The van der Waals surface area contributed by atoms with Crippen LogP contribution in [0, 0.1) is 5.92 Å². The number of carbonyl (C=O) groups is 1. The van der Waals surface area contributed by atoms with Gasteiger partial charge in [0.1, 0.15) is 5.54 Å². The molecule has 0 saturated heterocycles. The number of rotatable bonds is 5. The average molecular weight is 241 g/mol. The van der Waals surface area contributed by atoms with Crippen LogP contribution in [0.3, 0.4) is 0 Å². The molecule has 0 aromatic heterocycles. The molecule has 2 N–H and O–H groups in total. The summed E-state index contributed by atoms with van der Waals surface area (Å²) in [5.74, 6) is 0.556. The van der Waals surface area contributed by atoms with Crippen molar-refractivity contribution < 1.29 is 9.53 Å². The van der Waals surface area contributed by atoms with E-state index in [-0.39, 0.29) is 12.1 Å². The average Bonchev–Trinajstić information content (AvgIpc) is 2.30. The maximum Gasteiger partial charge on any atom is 0.326 e. The van der Waals surface area contributed by atoms with E-state index in [1.807, 2.05) is 6.92 Å². The van der Waals surface area contributed by atoms with Gasteiger partial charge in [0.25, 0.3) is 0 Å². The van der Waals surface area contributed by atoms with Crippen LogP contribution in [-0.4, -0.2) is 17.6 Å². The Hall–Kier alpha value is -0.570. The molecular formula is C14H27NO2. The number of hydrogen-bond acceptors (Lipinski definition) is 3. The zero-order chi connectivity index (χ0) is 12.9. The quantitative estimate of drug-likeness (QED) is 0.753. The van der Waals surface area contributed by atoms with E-state index in [1.165, 1.54) is 6.42 Å². The van der Waals surface area contributed by atoms with Gasteiger partial charge in [-0.2, -0.15) is 0 Å². The minimum absolute atomic E-state index is 0.00294. The van der Waals surface area contributed by atoms with Crippen LogP contribution in [0.2, 0.25) is 0 Å². The van der Waals surface area contributed by atoms with Crippen LogP contribution in [0.5, 0.6) is 0 Å². The zero-order valence-electron chi connectivity index (χ0n) is 11.5. The minimum atomic E-state index is -0.715. The van der Waals surface area contributed by atoms with E-state index in [4.69, 9.17) is 10.5 Å². The second-order valence-electron chi connectivity index (χ2n) is 5.51. The van der Waals surface area contributed by atoms with E-state index in [0.717, 1.165) is 44.4 Å². The molecule has 0 bridgehead atoms. The first-order chi connectivity index (χ1) is 8.01. The molecule has 0 heterocycles. The highest BCUT2D eigenvalue weighted by Crippen LogP contribution is 2.33. The largest absolute Gasteiger partial charge is 0.461 e. The molecule has 1 fully saturated rings. The number of ether oxygens (including phenoxy) is 1. The van der Waals surface area contributed by atoms with E-state index in [2.05, 4.69) is 13.8 Å². The standard InChI is InChI=1S/C14H27NO2/c1-4-6-11(3)17-13(16)14(15)9-7-12(5-2)8-10-14/h11-12H,4-10,15H2,1-3H3. The molecule has 1 aliphatic rings.